The first-order chi connectivity index (χ1) is 11.0. The molecule has 1 aliphatic rings. The zero-order valence-electron chi connectivity index (χ0n) is 14.1. The van der Waals surface area contributed by atoms with Gasteiger partial charge in [0, 0.05) is 51.0 Å². The molecule has 0 aliphatic carbocycles. The fraction of sp³-hybridized carbons (Fsp3) is 0.529. The molecule has 0 atom stereocenters. The second-order valence-corrected chi connectivity index (χ2v) is 7.02. The Morgan fingerprint density at radius 3 is 2.57 bits per heavy atom. The number of thiophene rings is 1. The number of carbonyl (C=O) groups is 1. The van der Waals surface area contributed by atoms with Gasteiger partial charge >= 0.3 is 0 Å². The molecule has 0 radical (unpaired) electrons. The number of aryl methyl sites for hydroxylation is 2. The predicted octanol–water partition coefficient (Wildman–Crippen LogP) is 1.99. The lowest BCUT2D eigenvalue weighted by atomic mass is 10.1. The van der Waals surface area contributed by atoms with Crippen LogP contribution in [0.5, 0.6) is 0 Å². The Kier molecular flexibility index (Phi) is 4.82. The molecule has 1 aliphatic heterocycles. The van der Waals surface area contributed by atoms with E-state index in [-0.39, 0.29) is 5.91 Å². The number of amides is 1. The van der Waals surface area contributed by atoms with Crippen molar-refractivity contribution in [1.82, 2.24) is 19.6 Å². The lowest BCUT2D eigenvalue weighted by molar-refractivity contribution is -0.132. The van der Waals surface area contributed by atoms with Crippen molar-refractivity contribution in [3.05, 3.63) is 39.3 Å². The minimum absolute atomic E-state index is 0.222. The van der Waals surface area contributed by atoms with Crippen LogP contribution in [0.4, 0.5) is 0 Å². The zero-order valence-corrected chi connectivity index (χ0v) is 14.9. The molecule has 0 saturated carbocycles. The summed E-state index contributed by atoms with van der Waals surface area (Å²) in [4.78, 5) is 17.0. The first kappa shape index (κ1) is 16.2. The molecule has 2 aromatic rings. The maximum Gasteiger partial charge on any atom is 0.227 e. The van der Waals surface area contributed by atoms with Crippen LogP contribution in [0, 0.1) is 13.8 Å². The van der Waals surface area contributed by atoms with Crippen LogP contribution in [-0.4, -0.2) is 51.7 Å². The van der Waals surface area contributed by atoms with Crippen LogP contribution in [0.2, 0.25) is 0 Å². The lowest BCUT2D eigenvalue weighted by Crippen LogP contribution is -2.48. The highest BCUT2D eigenvalue weighted by atomic mass is 32.1. The quantitative estimate of drug-likeness (QED) is 0.860. The average Bonchev–Trinajstić information content (AvgIpc) is 3.12. The molecule has 2 aromatic heterocycles. The number of hydrogen-bond acceptors (Lipinski definition) is 4. The minimum atomic E-state index is 0.222. The number of rotatable bonds is 4. The number of carbonyl (C=O) groups excluding carboxylic acids is 1. The van der Waals surface area contributed by atoms with E-state index in [0.29, 0.717) is 6.42 Å². The van der Waals surface area contributed by atoms with E-state index in [9.17, 15) is 4.79 Å². The van der Waals surface area contributed by atoms with Gasteiger partial charge < -0.3 is 4.90 Å². The maximum absolute atomic E-state index is 12.6. The molecule has 3 heterocycles. The van der Waals surface area contributed by atoms with Crippen molar-refractivity contribution in [2.75, 3.05) is 26.2 Å². The molecule has 1 amide bonds. The van der Waals surface area contributed by atoms with Crippen molar-refractivity contribution in [1.29, 1.82) is 0 Å². The molecule has 0 spiro atoms. The molecule has 6 heteroatoms. The molecule has 0 unspecified atom stereocenters. The summed E-state index contributed by atoms with van der Waals surface area (Å²) in [5.41, 5.74) is 4.51. The van der Waals surface area contributed by atoms with E-state index in [0.717, 1.165) is 49.7 Å². The standard InChI is InChI=1S/C17H24N4OS/c1-13-16(14(2)19(3)18-13)10-17(22)21-7-5-20(6-8-21)11-15-4-9-23-12-15/h4,9,12H,5-8,10-11H2,1-3H3. The second-order valence-electron chi connectivity index (χ2n) is 6.24. The highest BCUT2D eigenvalue weighted by Crippen LogP contribution is 2.16. The fourth-order valence-electron chi connectivity index (χ4n) is 3.13. The Labute approximate surface area is 141 Å². The van der Waals surface area contributed by atoms with Gasteiger partial charge in [-0.1, -0.05) is 0 Å². The first-order valence-electron chi connectivity index (χ1n) is 8.05. The van der Waals surface area contributed by atoms with Crippen molar-refractivity contribution >= 4 is 17.2 Å². The number of hydrogen-bond donors (Lipinski definition) is 0. The summed E-state index contributed by atoms with van der Waals surface area (Å²) in [5, 5.41) is 8.72. The first-order valence-corrected chi connectivity index (χ1v) is 8.99. The van der Waals surface area contributed by atoms with Crippen LogP contribution in [0.15, 0.2) is 16.8 Å². The van der Waals surface area contributed by atoms with Crippen molar-refractivity contribution in [3.8, 4) is 0 Å². The van der Waals surface area contributed by atoms with Gasteiger partial charge in [-0.15, -0.1) is 0 Å². The van der Waals surface area contributed by atoms with Gasteiger partial charge in [-0.2, -0.15) is 16.4 Å². The summed E-state index contributed by atoms with van der Waals surface area (Å²) in [7, 11) is 1.93. The summed E-state index contributed by atoms with van der Waals surface area (Å²) in [6.45, 7) is 8.55. The van der Waals surface area contributed by atoms with Gasteiger partial charge in [-0.25, -0.2) is 0 Å². The Bertz CT molecular complexity index is 669. The van der Waals surface area contributed by atoms with E-state index in [1.807, 2.05) is 30.5 Å². The van der Waals surface area contributed by atoms with Gasteiger partial charge in [-0.3, -0.25) is 14.4 Å². The Morgan fingerprint density at radius 2 is 2.00 bits per heavy atom. The van der Waals surface area contributed by atoms with Crippen molar-refractivity contribution in [2.24, 2.45) is 7.05 Å². The van der Waals surface area contributed by atoms with E-state index in [1.54, 1.807) is 11.3 Å². The number of piperazine rings is 1. The van der Waals surface area contributed by atoms with E-state index in [4.69, 9.17) is 0 Å². The van der Waals surface area contributed by atoms with Crippen LogP contribution in [0.25, 0.3) is 0 Å². The summed E-state index contributed by atoms with van der Waals surface area (Å²) in [5.74, 6) is 0.222. The third kappa shape index (κ3) is 3.64. The average molecular weight is 332 g/mol. The van der Waals surface area contributed by atoms with Gasteiger partial charge in [0.15, 0.2) is 0 Å². The number of nitrogens with zero attached hydrogens (tertiary/aromatic N) is 4. The van der Waals surface area contributed by atoms with Crippen LogP contribution < -0.4 is 0 Å². The van der Waals surface area contributed by atoms with Crippen LogP contribution in [-0.2, 0) is 24.8 Å². The summed E-state index contributed by atoms with van der Waals surface area (Å²) in [6.07, 6.45) is 0.468. The highest BCUT2D eigenvalue weighted by Gasteiger charge is 2.23. The molecular formula is C17H24N4OS. The third-order valence-corrected chi connectivity index (χ3v) is 5.43. The minimum Gasteiger partial charge on any atom is -0.340 e. The van der Waals surface area contributed by atoms with E-state index >= 15 is 0 Å². The molecule has 3 rings (SSSR count). The SMILES string of the molecule is Cc1nn(C)c(C)c1CC(=O)N1CCN(Cc2ccsc2)CC1. The topological polar surface area (TPSA) is 41.4 Å². The van der Waals surface area contributed by atoms with Crippen molar-refractivity contribution < 1.29 is 4.79 Å². The molecule has 1 fully saturated rings. The monoisotopic (exact) mass is 332 g/mol. The molecule has 0 N–H and O–H groups in total. The van der Waals surface area contributed by atoms with E-state index in [1.165, 1.54) is 5.56 Å². The molecule has 0 aromatic carbocycles. The molecule has 23 heavy (non-hydrogen) atoms. The summed E-state index contributed by atoms with van der Waals surface area (Å²) < 4.78 is 1.86. The number of aromatic nitrogens is 2. The van der Waals surface area contributed by atoms with E-state index in [2.05, 4.69) is 26.8 Å². The Hall–Kier alpha value is -1.66. The van der Waals surface area contributed by atoms with Gasteiger partial charge in [0.2, 0.25) is 5.91 Å². The van der Waals surface area contributed by atoms with Crippen molar-refractivity contribution in [3.63, 3.8) is 0 Å². The smallest absolute Gasteiger partial charge is 0.227 e. The molecule has 5 nitrogen and oxygen atoms in total. The van der Waals surface area contributed by atoms with E-state index < -0.39 is 0 Å². The molecular weight excluding hydrogens is 308 g/mol. The third-order valence-electron chi connectivity index (χ3n) is 4.70. The predicted molar refractivity (Wildman–Crippen MR) is 92.6 cm³/mol. The van der Waals surface area contributed by atoms with Crippen LogP contribution in [0.1, 0.15) is 22.5 Å². The van der Waals surface area contributed by atoms with Crippen molar-refractivity contribution in [2.45, 2.75) is 26.8 Å². The fourth-order valence-corrected chi connectivity index (χ4v) is 3.79. The van der Waals surface area contributed by atoms with Crippen LogP contribution in [0.3, 0.4) is 0 Å². The second kappa shape index (κ2) is 6.84. The Balaban J connectivity index is 1.54. The molecule has 1 saturated heterocycles. The Morgan fingerprint density at radius 1 is 1.26 bits per heavy atom. The van der Waals surface area contributed by atoms with Gasteiger partial charge in [0.25, 0.3) is 0 Å². The van der Waals surface area contributed by atoms with Gasteiger partial charge in [0.05, 0.1) is 12.1 Å². The zero-order chi connectivity index (χ0) is 16.4. The van der Waals surface area contributed by atoms with Gasteiger partial charge in [0.1, 0.15) is 0 Å². The highest BCUT2D eigenvalue weighted by molar-refractivity contribution is 7.07. The summed E-state index contributed by atoms with van der Waals surface area (Å²) >= 11 is 1.74. The van der Waals surface area contributed by atoms with Gasteiger partial charge in [-0.05, 0) is 36.2 Å². The lowest BCUT2D eigenvalue weighted by Gasteiger charge is -2.34. The molecule has 124 valence electrons. The largest absolute Gasteiger partial charge is 0.340 e. The van der Waals surface area contributed by atoms with Crippen LogP contribution >= 0.6 is 11.3 Å². The maximum atomic E-state index is 12.6. The molecule has 0 bridgehead atoms. The summed E-state index contributed by atoms with van der Waals surface area (Å²) in [6, 6.07) is 2.18. The normalized spacial score (nSPS) is 16.0.